The highest BCUT2D eigenvalue weighted by molar-refractivity contribution is 7.89. The number of sulfonamides is 1. The molecule has 0 unspecified atom stereocenters. The van der Waals surface area contributed by atoms with Gasteiger partial charge in [-0.15, -0.1) is 0 Å². The average molecular weight is 288 g/mol. The minimum absolute atomic E-state index is 0.163. The molecule has 0 aliphatic carbocycles. The zero-order chi connectivity index (χ0) is 15.0. The second-order valence-corrected chi connectivity index (χ2v) is 6.60. The van der Waals surface area contributed by atoms with E-state index in [9.17, 15) is 13.2 Å². The van der Waals surface area contributed by atoms with Crippen molar-refractivity contribution in [3.05, 3.63) is 11.4 Å². The molecule has 0 spiro atoms. The van der Waals surface area contributed by atoms with Gasteiger partial charge in [0.15, 0.2) is 5.69 Å². The number of carbonyl (C=O) groups excluding carboxylic acids is 1. The van der Waals surface area contributed by atoms with Gasteiger partial charge in [-0.2, -0.15) is 5.10 Å². The van der Waals surface area contributed by atoms with Gasteiger partial charge in [0.1, 0.15) is 4.90 Å². The molecule has 0 atom stereocenters. The van der Waals surface area contributed by atoms with Gasteiger partial charge in [0.2, 0.25) is 10.0 Å². The summed E-state index contributed by atoms with van der Waals surface area (Å²) in [7, 11) is -2.38. The maximum Gasteiger partial charge on any atom is 0.275 e. The molecule has 0 saturated heterocycles. The Hall–Kier alpha value is -1.41. The van der Waals surface area contributed by atoms with Crippen LogP contribution in [0.25, 0.3) is 0 Å². The standard InChI is InChI=1S/C11H20N4O3S/c1-6-11(3,4)15(5)10(16)8-9(19(12,17)18)7(2)13-14-8/h6H2,1-5H3,(H,13,14)(H2,12,17,18). The van der Waals surface area contributed by atoms with Gasteiger partial charge in [0.05, 0.1) is 5.69 Å². The van der Waals surface area contributed by atoms with Crippen molar-refractivity contribution in [2.75, 3.05) is 7.05 Å². The predicted molar refractivity (Wildman–Crippen MR) is 71.2 cm³/mol. The van der Waals surface area contributed by atoms with Crippen LogP contribution in [0.3, 0.4) is 0 Å². The molecule has 0 fully saturated rings. The second-order valence-electron chi connectivity index (χ2n) is 5.10. The van der Waals surface area contributed by atoms with Gasteiger partial charge in [0.25, 0.3) is 5.91 Å². The van der Waals surface area contributed by atoms with Crippen LogP contribution in [-0.4, -0.2) is 42.0 Å². The fourth-order valence-corrected chi connectivity index (χ4v) is 2.46. The summed E-state index contributed by atoms with van der Waals surface area (Å²) in [5.41, 5.74) is -0.308. The number of aryl methyl sites for hydroxylation is 1. The summed E-state index contributed by atoms with van der Waals surface area (Å²) in [6, 6.07) is 0. The lowest BCUT2D eigenvalue weighted by Gasteiger charge is -2.34. The lowest BCUT2D eigenvalue weighted by atomic mass is 9.99. The molecule has 0 aromatic carbocycles. The maximum atomic E-state index is 12.4. The summed E-state index contributed by atoms with van der Waals surface area (Å²) >= 11 is 0. The quantitative estimate of drug-likeness (QED) is 0.846. The summed E-state index contributed by atoms with van der Waals surface area (Å²) in [4.78, 5) is 13.6. The molecule has 3 N–H and O–H groups in total. The van der Waals surface area contributed by atoms with Crippen LogP contribution in [0.15, 0.2) is 4.90 Å². The topological polar surface area (TPSA) is 109 Å². The van der Waals surface area contributed by atoms with Gasteiger partial charge in [-0.1, -0.05) is 6.92 Å². The van der Waals surface area contributed by atoms with E-state index in [1.165, 1.54) is 11.8 Å². The Labute approximate surface area is 113 Å². The summed E-state index contributed by atoms with van der Waals surface area (Å²) in [5, 5.41) is 11.4. The van der Waals surface area contributed by atoms with Gasteiger partial charge >= 0.3 is 0 Å². The molecule has 7 nitrogen and oxygen atoms in total. The molecule has 0 radical (unpaired) electrons. The van der Waals surface area contributed by atoms with Gasteiger partial charge in [0, 0.05) is 12.6 Å². The zero-order valence-corrected chi connectivity index (χ0v) is 12.6. The first-order valence-corrected chi connectivity index (χ1v) is 7.43. The molecule has 1 rings (SSSR count). The van der Waals surface area contributed by atoms with Crippen LogP contribution in [0.2, 0.25) is 0 Å². The Morgan fingerprint density at radius 2 is 2.00 bits per heavy atom. The molecule has 0 aliphatic rings. The number of nitrogens with one attached hydrogen (secondary N) is 1. The number of nitrogens with zero attached hydrogens (tertiary/aromatic N) is 2. The summed E-state index contributed by atoms with van der Waals surface area (Å²) in [6.45, 7) is 7.23. The van der Waals surface area contributed by atoms with Gasteiger partial charge < -0.3 is 4.90 Å². The Kier molecular flexibility index (Phi) is 4.06. The number of H-pyrrole nitrogens is 1. The third kappa shape index (κ3) is 2.95. The highest BCUT2D eigenvalue weighted by Gasteiger charge is 2.32. The van der Waals surface area contributed by atoms with Gasteiger partial charge in [-0.25, -0.2) is 13.6 Å². The van der Waals surface area contributed by atoms with Crippen molar-refractivity contribution >= 4 is 15.9 Å². The Bertz CT molecular complexity index is 589. The molecule has 19 heavy (non-hydrogen) atoms. The predicted octanol–water partition coefficient (Wildman–Crippen LogP) is 0.626. The summed E-state index contributed by atoms with van der Waals surface area (Å²) in [5.74, 6) is -0.472. The average Bonchev–Trinajstić information content (AvgIpc) is 2.68. The highest BCUT2D eigenvalue weighted by Crippen LogP contribution is 2.22. The number of aromatic amines is 1. The highest BCUT2D eigenvalue weighted by atomic mass is 32.2. The molecule has 0 saturated carbocycles. The van der Waals surface area contributed by atoms with Crippen LogP contribution < -0.4 is 5.14 Å². The Morgan fingerprint density at radius 3 is 2.42 bits per heavy atom. The summed E-state index contributed by atoms with van der Waals surface area (Å²) < 4.78 is 23.1. The number of amides is 1. The molecule has 8 heteroatoms. The number of aromatic nitrogens is 2. The fourth-order valence-electron chi connectivity index (χ4n) is 1.58. The molecular weight excluding hydrogens is 268 g/mol. The largest absolute Gasteiger partial charge is 0.335 e. The third-order valence-electron chi connectivity index (χ3n) is 3.46. The van der Waals surface area contributed by atoms with Crippen molar-refractivity contribution in [1.29, 1.82) is 0 Å². The van der Waals surface area contributed by atoms with Crippen LogP contribution in [0.5, 0.6) is 0 Å². The molecule has 1 heterocycles. The van der Waals surface area contributed by atoms with Crippen LogP contribution in [-0.2, 0) is 10.0 Å². The third-order valence-corrected chi connectivity index (χ3v) is 4.52. The molecule has 1 amide bonds. The molecule has 0 aliphatic heterocycles. The molecule has 1 aromatic rings. The van der Waals surface area contributed by atoms with E-state index >= 15 is 0 Å². The van der Waals surface area contributed by atoms with Crippen LogP contribution >= 0.6 is 0 Å². The van der Waals surface area contributed by atoms with E-state index < -0.39 is 21.5 Å². The number of primary sulfonamides is 1. The first-order chi connectivity index (χ1) is 8.52. The monoisotopic (exact) mass is 288 g/mol. The van der Waals surface area contributed by atoms with E-state index in [2.05, 4.69) is 10.2 Å². The van der Waals surface area contributed by atoms with Crippen molar-refractivity contribution in [2.45, 2.75) is 44.6 Å². The van der Waals surface area contributed by atoms with E-state index in [1.54, 1.807) is 7.05 Å². The number of hydrogen-bond donors (Lipinski definition) is 2. The normalized spacial score (nSPS) is 12.5. The van der Waals surface area contributed by atoms with Crippen molar-refractivity contribution < 1.29 is 13.2 Å². The van der Waals surface area contributed by atoms with Crippen LogP contribution in [0.1, 0.15) is 43.4 Å². The molecule has 0 bridgehead atoms. The van der Waals surface area contributed by atoms with E-state index in [4.69, 9.17) is 5.14 Å². The summed E-state index contributed by atoms with van der Waals surface area (Å²) in [6.07, 6.45) is 0.726. The maximum absolute atomic E-state index is 12.4. The number of nitrogens with two attached hydrogens (primary N) is 1. The first-order valence-electron chi connectivity index (χ1n) is 5.88. The van der Waals surface area contributed by atoms with Crippen molar-refractivity contribution in [3.8, 4) is 0 Å². The van der Waals surface area contributed by atoms with Crippen LogP contribution in [0.4, 0.5) is 0 Å². The minimum Gasteiger partial charge on any atom is -0.335 e. The number of hydrogen-bond acceptors (Lipinski definition) is 4. The minimum atomic E-state index is -3.99. The second kappa shape index (κ2) is 4.93. The first kappa shape index (κ1) is 15.6. The SMILES string of the molecule is CCC(C)(C)N(C)C(=O)c1n[nH]c(C)c1S(N)(=O)=O. The van der Waals surface area contributed by atoms with Crippen LogP contribution in [0, 0.1) is 6.92 Å². The Morgan fingerprint density at radius 1 is 1.47 bits per heavy atom. The Balaban J connectivity index is 3.30. The number of rotatable bonds is 4. The van der Waals surface area contributed by atoms with E-state index in [0.717, 1.165) is 6.42 Å². The van der Waals surface area contributed by atoms with Crippen molar-refractivity contribution in [2.24, 2.45) is 5.14 Å². The van der Waals surface area contributed by atoms with Crippen molar-refractivity contribution in [1.82, 2.24) is 15.1 Å². The van der Waals surface area contributed by atoms with Crippen molar-refractivity contribution in [3.63, 3.8) is 0 Å². The fraction of sp³-hybridized carbons (Fsp3) is 0.636. The molecule has 1 aromatic heterocycles. The van der Waals surface area contributed by atoms with Gasteiger partial charge in [-0.05, 0) is 27.2 Å². The lowest BCUT2D eigenvalue weighted by molar-refractivity contribution is 0.0610. The zero-order valence-electron chi connectivity index (χ0n) is 11.8. The lowest BCUT2D eigenvalue weighted by Crippen LogP contribution is -2.45. The molecular formula is C11H20N4O3S. The van der Waals surface area contributed by atoms with E-state index in [1.807, 2.05) is 20.8 Å². The molecule has 108 valence electrons. The van der Waals surface area contributed by atoms with E-state index in [0.29, 0.717) is 0 Å². The smallest absolute Gasteiger partial charge is 0.275 e. The number of carbonyl (C=O) groups is 1. The van der Waals surface area contributed by atoms with Gasteiger partial charge in [-0.3, -0.25) is 9.89 Å². The van der Waals surface area contributed by atoms with E-state index in [-0.39, 0.29) is 16.3 Å².